The molecule has 0 radical (unpaired) electrons. The van der Waals surface area contributed by atoms with Gasteiger partial charge in [-0.25, -0.2) is 0 Å². The summed E-state index contributed by atoms with van der Waals surface area (Å²) in [5.74, 6) is 0.365. The molecule has 1 saturated heterocycles. The zero-order chi connectivity index (χ0) is 14.5. The Bertz CT molecular complexity index is 549. The van der Waals surface area contributed by atoms with E-state index >= 15 is 0 Å². The number of piperidine rings is 1. The van der Waals surface area contributed by atoms with Gasteiger partial charge in [-0.15, -0.1) is 0 Å². The minimum atomic E-state index is -0.207. The van der Waals surface area contributed by atoms with Gasteiger partial charge in [0.25, 0.3) is 0 Å². The molecule has 2 aliphatic carbocycles. The van der Waals surface area contributed by atoms with Crippen molar-refractivity contribution in [3.05, 3.63) is 35.4 Å². The number of nitrogens with two attached hydrogens (primary N) is 1. The summed E-state index contributed by atoms with van der Waals surface area (Å²) in [6.45, 7) is 1.90. The normalized spacial score (nSPS) is 25.5. The first-order valence-electron chi connectivity index (χ1n) is 8.33. The number of nitrogens with zero attached hydrogens (tertiary/aromatic N) is 1. The van der Waals surface area contributed by atoms with Crippen LogP contribution in [0.2, 0.25) is 0 Å². The van der Waals surface area contributed by atoms with Gasteiger partial charge >= 0.3 is 0 Å². The standard InChI is InChI=1S/C18H24N2O/c19-18(10-11-18)15-6-4-14(5-7-15)17(8-9-17)16(21)20-12-2-1-3-13-20/h4-7H,1-3,8-13,19H2. The molecule has 0 spiro atoms. The van der Waals surface area contributed by atoms with Gasteiger partial charge < -0.3 is 10.6 Å². The molecule has 1 aromatic rings. The highest BCUT2D eigenvalue weighted by Gasteiger charge is 2.53. The molecule has 2 saturated carbocycles. The monoisotopic (exact) mass is 284 g/mol. The molecule has 1 amide bonds. The van der Waals surface area contributed by atoms with Crippen LogP contribution in [0.5, 0.6) is 0 Å². The summed E-state index contributed by atoms with van der Waals surface area (Å²) in [6.07, 6.45) is 7.79. The number of benzene rings is 1. The van der Waals surface area contributed by atoms with E-state index in [1.54, 1.807) is 0 Å². The molecule has 1 heterocycles. The van der Waals surface area contributed by atoms with Crippen molar-refractivity contribution < 1.29 is 4.79 Å². The van der Waals surface area contributed by atoms with Gasteiger partial charge in [-0.3, -0.25) is 4.79 Å². The summed E-state index contributed by atoms with van der Waals surface area (Å²) in [5, 5.41) is 0. The lowest BCUT2D eigenvalue weighted by molar-refractivity contribution is -0.134. The second-order valence-corrected chi connectivity index (χ2v) is 7.17. The SMILES string of the molecule is NC1(c2ccc(C3(C(=O)N4CCCCC4)CC3)cc2)CC1. The number of carbonyl (C=O) groups excluding carboxylic acids is 1. The number of hydrogen-bond donors (Lipinski definition) is 1. The van der Waals surface area contributed by atoms with Crippen molar-refractivity contribution in [3.8, 4) is 0 Å². The predicted molar refractivity (Wildman–Crippen MR) is 82.9 cm³/mol. The van der Waals surface area contributed by atoms with Crippen molar-refractivity contribution in [2.24, 2.45) is 5.73 Å². The molecule has 21 heavy (non-hydrogen) atoms. The summed E-state index contributed by atoms with van der Waals surface area (Å²) in [7, 11) is 0. The van der Waals surface area contributed by atoms with Crippen LogP contribution < -0.4 is 5.73 Å². The number of rotatable bonds is 3. The Morgan fingerprint density at radius 3 is 2.00 bits per heavy atom. The van der Waals surface area contributed by atoms with E-state index < -0.39 is 0 Å². The first-order valence-corrected chi connectivity index (χ1v) is 8.33. The van der Waals surface area contributed by atoms with E-state index in [2.05, 4.69) is 29.2 Å². The highest BCUT2D eigenvalue weighted by molar-refractivity contribution is 5.91. The molecule has 1 aliphatic heterocycles. The number of hydrogen-bond acceptors (Lipinski definition) is 2. The molecule has 3 fully saturated rings. The Kier molecular flexibility index (Phi) is 2.90. The molecule has 3 aliphatic rings. The second kappa shape index (κ2) is 4.57. The van der Waals surface area contributed by atoms with E-state index in [9.17, 15) is 4.79 Å². The number of carbonyl (C=O) groups is 1. The topological polar surface area (TPSA) is 46.3 Å². The highest BCUT2D eigenvalue weighted by Crippen LogP contribution is 2.51. The van der Waals surface area contributed by atoms with Crippen molar-refractivity contribution in [2.75, 3.05) is 13.1 Å². The Morgan fingerprint density at radius 1 is 0.905 bits per heavy atom. The molecule has 0 bridgehead atoms. The predicted octanol–water partition coefficient (Wildman–Crippen LogP) is 2.68. The van der Waals surface area contributed by atoms with Crippen molar-refractivity contribution in [1.29, 1.82) is 0 Å². The lowest BCUT2D eigenvalue weighted by Gasteiger charge is -2.31. The van der Waals surface area contributed by atoms with Crippen molar-refractivity contribution in [2.45, 2.75) is 55.9 Å². The Morgan fingerprint density at radius 2 is 1.48 bits per heavy atom. The van der Waals surface area contributed by atoms with Crippen LogP contribution in [0.15, 0.2) is 24.3 Å². The molecule has 112 valence electrons. The fourth-order valence-electron chi connectivity index (χ4n) is 3.70. The van der Waals surface area contributed by atoms with E-state index in [0.29, 0.717) is 5.91 Å². The quantitative estimate of drug-likeness (QED) is 0.927. The third-order valence-corrected chi connectivity index (χ3v) is 5.60. The molecule has 3 heteroatoms. The van der Waals surface area contributed by atoms with Crippen LogP contribution >= 0.6 is 0 Å². The smallest absolute Gasteiger partial charge is 0.233 e. The summed E-state index contributed by atoms with van der Waals surface area (Å²) >= 11 is 0. The lowest BCUT2D eigenvalue weighted by atomic mass is 9.91. The maximum Gasteiger partial charge on any atom is 0.233 e. The molecule has 0 aromatic heterocycles. The van der Waals surface area contributed by atoms with Gasteiger partial charge in [0.1, 0.15) is 0 Å². The van der Waals surface area contributed by atoms with Gasteiger partial charge in [0.15, 0.2) is 0 Å². The Balaban J connectivity index is 1.55. The van der Waals surface area contributed by atoms with Gasteiger partial charge in [-0.1, -0.05) is 24.3 Å². The third kappa shape index (κ3) is 2.18. The molecule has 4 rings (SSSR count). The zero-order valence-corrected chi connectivity index (χ0v) is 12.6. The van der Waals surface area contributed by atoms with Gasteiger partial charge in [0.05, 0.1) is 5.41 Å². The van der Waals surface area contributed by atoms with E-state index in [0.717, 1.165) is 51.6 Å². The van der Waals surface area contributed by atoms with E-state index in [1.165, 1.54) is 17.5 Å². The van der Waals surface area contributed by atoms with Crippen LogP contribution in [0.25, 0.3) is 0 Å². The second-order valence-electron chi connectivity index (χ2n) is 7.17. The molecular formula is C18H24N2O. The van der Waals surface area contributed by atoms with Gasteiger partial charge in [-0.2, -0.15) is 0 Å². The Hall–Kier alpha value is -1.35. The molecular weight excluding hydrogens is 260 g/mol. The highest BCUT2D eigenvalue weighted by atomic mass is 16.2. The van der Waals surface area contributed by atoms with Gasteiger partial charge in [0.2, 0.25) is 5.91 Å². The zero-order valence-electron chi connectivity index (χ0n) is 12.6. The van der Waals surface area contributed by atoms with E-state index in [-0.39, 0.29) is 11.0 Å². The maximum absolute atomic E-state index is 12.9. The summed E-state index contributed by atoms with van der Waals surface area (Å²) in [6, 6.07) is 8.59. The largest absolute Gasteiger partial charge is 0.342 e. The van der Waals surface area contributed by atoms with Crippen molar-refractivity contribution in [3.63, 3.8) is 0 Å². The average Bonchev–Trinajstić information content (AvgIpc) is 3.44. The maximum atomic E-state index is 12.9. The Labute approximate surface area is 126 Å². The first kappa shape index (κ1) is 13.3. The van der Waals surface area contributed by atoms with Crippen molar-refractivity contribution >= 4 is 5.91 Å². The van der Waals surface area contributed by atoms with Crippen molar-refractivity contribution in [1.82, 2.24) is 4.90 Å². The molecule has 0 atom stereocenters. The summed E-state index contributed by atoms with van der Waals surface area (Å²) in [5.41, 5.74) is 8.39. The van der Waals surface area contributed by atoms with E-state index in [4.69, 9.17) is 5.73 Å². The fourth-order valence-corrected chi connectivity index (χ4v) is 3.70. The van der Waals surface area contributed by atoms with Gasteiger partial charge in [0, 0.05) is 18.6 Å². The van der Waals surface area contributed by atoms with Crippen LogP contribution in [0.4, 0.5) is 0 Å². The average molecular weight is 284 g/mol. The lowest BCUT2D eigenvalue weighted by Crippen LogP contribution is -2.42. The minimum absolute atomic E-state index is 0.0773. The summed E-state index contributed by atoms with van der Waals surface area (Å²) in [4.78, 5) is 15.0. The fraction of sp³-hybridized carbons (Fsp3) is 0.611. The molecule has 0 unspecified atom stereocenters. The van der Waals surface area contributed by atoms with Crippen LogP contribution in [0, 0.1) is 0 Å². The minimum Gasteiger partial charge on any atom is -0.342 e. The van der Waals surface area contributed by atoms with Crippen LogP contribution in [0.1, 0.15) is 56.1 Å². The van der Waals surface area contributed by atoms with Crippen LogP contribution in [-0.4, -0.2) is 23.9 Å². The van der Waals surface area contributed by atoms with Crippen LogP contribution in [0.3, 0.4) is 0 Å². The van der Waals surface area contributed by atoms with Crippen LogP contribution in [-0.2, 0) is 15.7 Å². The molecule has 1 aromatic carbocycles. The first-order chi connectivity index (χ1) is 10.1. The van der Waals surface area contributed by atoms with E-state index in [1.807, 2.05) is 0 Å². The summed E-state index contributed by atoms with van der Waals surface area (Å²) < 4.78 is 0. The third-order valence-electron chi connectivity index (χ3n) is 5.60. The van der Waals surface area contributed by atoms with Gasteiger partial charge in [-0.05, 0) is 56.1 Å². The molecule has 2 N–H and O–H groups in total. The number of amides is 1. The number of likely N-dealkylation sites (tertiary alicyclic amines) is 1. The molecule has 3 nitrogen and oxygen atoms in total.